The van der Waals surface area contributed by atoms with E-state index >= 15 is 0 Å². The van der Waals surface area contributed by atoms with Crippen LogP contribution < -0.4 is 21.5 Å². The molecule has 0 aliphatic heterocycles. The number of aliphatic hydroxyl groups excluding tert-OH is 1. The minimum absolute atomic E-state index is 0.00995. The molecule has 0 aromatic heterocycles. The van der Waals surface area contributed by atoms with Crippen LogP contribution in [-0.4, -0.2) is 83.6 Å². The Kier molecular flexibility index (Phi) is 9.22. The Balaban J connectivity index is 2.00. The van der Waals surface area contributed by atoms with E-state index < -0.39 is 58.0 Å². The highest BCUT2D eigenvalue weighted by molar-refractivity contribution is 6.22. The van der Waals surface area contributed by atoms with Gasteiger partial charge in [-0.3, -0.25) is 19.3 Å². The van der Waals surface area contributed by atoms with E-state index in [0.717, 1.165) is 12.8 Å². The van der Waals surface area contributed by atoms with Crippen LogP contribution >= 0.6 is 0 Å². The molecule has 0 fully saturated rings. The second-order valence-corrected chi connectivity index (χ2v) is 13.9. The Hall–Kier alpha value is -3.81. The van der Waals surface area contributed by atoms with Gasteiger partial charge in [0.05, 0.1) is 17.3 Å². The number of aromatic hydroxyl groups is 1. The first-order chi connectivity index (χ1) is 20.9. The van der Waals surface area contributed by atoms with Crippen molar-refractivity contribution in [3.63, 3.8) is 0 Å². The minimum Gasteiger partial charge on any atom is -0.508 e. The number of nitroso groups, excluding NO2 is 1. The van der Waals surface area contributed by atoms with Gasteiger partial charge in [-0.15, -0.1) is 4.91 Å². The molecular weight excluding hydrogens is 580 g/mol. The van der Waals surface area contributed by atoms with Gasteiger partial charge in [0.2, 0.25) is 0 Å². The van der Waals surface area contributed by atoms with Crippen molar-refractivity contribution < 1.29 is 29.7 Å². The van der Waals surface area contributed by atoms with E-state index in [2.05, 4.69) is 32.9 Å². The van der Waals surface area contributed by atoms with Crippen molar-refractivity contribution in [3.05, 3.63) is 44.7 Å². The first-order valence-corrected chi connectivity index (χ1v) is 15.3. The number of rotatable bonds is 10. The summed E-state index contributed by atoms with van der Waals surface area (Å²) in [4.78, 5) is 56.0. The van der Waals surface area contributed by atoms with Crippen LogP contribution in [0.5, 0.6) is 5.75 Å². The molecule has 13 nitrogen and oxygen atoms in total. The number of benzene rings is 1. The Labute approximate surface area is 263 Å². The molecule has 3 aliphatic rings. The van der Waals surface area contributed by atoms with E-state index in [0.29, 0.717) is 23.1 Å². The SMILES string of the molecule is CC(C)CC(CC(C)C)N(N)c1cc(N(C)C)c2c(c1O)C(=O)C1=C(N=O)[C@]3(O)C(O)=C(C(N)=O)C(=O)[C@@H](N(C)C)[C@@H]3C[C@@H]1C2. The summed E-state index contributed by atoms with van der Waals surface area (Å²) in [6.07, 6.45) is 1.62. The number of phenolic OH excluding ortho intramolecular Hbond substituents is 1. The van der Waals surface area contributed by atoms with E-state index in [9.17, 15) is 34.6 Å². The fraction of sp³-hybridized carbons (Fsp3) is 0.594. The van der Waals surface area contributed by atoms with E-state index in [1.54, 1.807) is 34.3 Å². The molecule has 4 rings (SSSR count). The molecule has 4 atom stereocenters. The maximum Gasteiger partial charge on any atom is 0.255 e. The van der Waals surface area contributed by atoms with Crippen LogP contribution in [0, 0.1) is 28.6 Å². The monoisotopic (exact) mass is 626 g/mol. The molecule has 0 saturated carbocycles. The average molecular weight is 627 g/mol. The summed E-state index contributed by atoms with van der Waals surface area (Å²) in [5.41, 5.74) is 2.36. The Morgan fingerprint density at radius 1 is 1.07 bits per heavy atom. The molecule has 246 valence electrons. The van der Waals surface area contributed by atoms with Crippen molar-refractivity contribution in [2.24, 2.45) is 40.4 Å². The van der Waals surface area contributed by atoms with Gasteiger partial charge in [0.15, 0.2) is 22.9 Å². The first kappa shape index (κ1) is 34.1. The molecule has 45 heavy (non-hydrogen) atoms. The average Bonchev–Trinajstić information content (AvgIpc) is 2.91. The summed E-state index contributed by atoms with van der Waals surface area (Å²) >= 11 is 0. The minimum atomic E-state index is -2.65. The predicted octanol–water partition coefficient (Wildman–Crippen LogP) is 2.54. The van der Waals surface area contributed by atoms with Gasteiger partial charge >= 0.3 is 0 Å². The Morgan fingerprint density at radius 2 is 1.64 bits per heavy atom. The van der Waals surface area contributed by atoms with Gasteiger partial charge in [-0.1, -0.05) is 27.7 Å². The Bertz CT molecular complexity index is 1490. The molecular formula is C32H46N6O7. The quantitative estimate of drug-likeness (QED) is 0.110. The number of hydrogen-bond acceptors (Lipinski definition) is 12. The van der Waals surface area contributed by atoms with Gasteiger partial charge < -0.3 is 31.0 Å². The van der Waals surface area contributed by atoms with Crippen molar-refractivity contribution in [2.75, 3.05) is 38.1 Å². The maximum atomic E-state index is 14.5. The first-order valence-electron chi connectivity index (χ1n) is 15.3. The molecule has 1 aromatic rings. The molecule has 13 heteroatoms. The number of likely N-dealkylation sites (N-methyl/N-ethyl adjacent to an activating group) is 1. The molecule has 1 amide bonds. The number of allylic oxidation sites excluding steroid dienone is 1. The number of anilines is 2. The molecule has 7 N–H and O–H groups in total. The van der Waals surface area contributed by atoms with Crippen molar-refractivity contribution in [1.82, 2.24) is 4.90 Å². The zero-order valence-electron chi connectivity index (χ0n) is 27.3. The number of primary amides is 1. The Morgan fingerprint density at radius 3 is 2.11 bits per heavy atom. The zero-order chi connectivity index (χ0) is 33.9. The summed E-state index contributed by atoms with van der Waals surface area (Å²) < 4.78 is 0. The van der Waals surface area contributed by atoms with Gasteiger partial charge in [-0.05, 0) is 74.3 Å². The molecule has 0 unspecified atom stereocenters. The second kappa shape index (κ2) is 12.2. The summed E-state index contributed by atoms with van der Waals surface area (Å²) in [6, 6.07) is 0.439. The van der Waals surface area contributed by atoms with Crippen molar-refractivity contribution >= 4 is 28.8 Å². The maximum absolute atomic E-state index is 14.5. The number of carbonyl (C=O) groups excluding carboxylic acids is 3. The largest absolute Gasteiger partial charge is 0.508 e. The van der Waals surface area contributed by atoms with E-state index in [-0.39, 0.29) is 41.5 Å². The summed E-state index contributed by atoms with van der Waals surface area (Å²) in [5, 5.41) is 39.6. The fourth-order valence-corrected chi connectivity index (χ4v) is 7.60. The number of phenols is 1. The number of nitrogens with two attached hydrogens (primary N) is 2. The van der Waals surface area contributed by atoms with E-state index in [1.165, 1.54) is 9.91 Å². The molecule has 0 radical (unpaired) electrons. The highest BCUT2D eigenvalue weighted by Crippen LogP contribution is 2.55. The number of hydrogen-bond donors (Lipinski definition) is 5. The van der Waals surface area contributed by atoms with Crippen LogP contribution in [0.4, 0.5) is 11.4 Å². The molecule has 3 aliphatic carbocycles. The van der Waals surface area contributed by atoms with Gasteiger partial charge in [-0.25, -0.2) is 5.84 Å². The number of nitrogens with zero attached hydrogens (tertiary/aromatic N) is 4. The highest BCUT2D eigenvalue weighted by Gasteiger charge is 2.63. The van der Waals surface area contributed by atoms with Gasteiger partial charge in [0, 0.05) is 37.3 Å². The summed E-state index contributed by atoms with van der Waals surface area (Å²) in [7, 11) is 6.74. The number of Topliss-reactive ketones (excluding diaryl/α,β-unsaturated/α-hetero) is 2. The molecule has 0 saturated heterocycles. The smallest absolute Gasteiger partial charge is 0.255 e. The topological polar surface area (TPSA) is 203 Å². The van der Waals surface area contributed by atoms with Crippen LogP contribution in [0.2, 0.25) is 0 Å². The third kappa shape index (κ3) is 5.40. The predicted molar refractivity (Wildman–Crippen MR) is 171 cm³/mol. The van der Waals surface area contributed by atoms with Crippen molar-refractivity contribution in [2.45, 2.75) is 71.1 Å². The van der Waals surface area contributed by atoms with Crippen molar-refractivity contribution in [3.8, 4) is 5.75 Å². The van der Waals surface area contributed by atoms with Crippen LogP contribution in [0.1, 0.15) is 62.9 Å². The number of amides is 1. The third-order valence-electron chi connectivity index (χ3n) is 9.41. The third-order valence-corrected chi connectivity index (χ3v) is 9.41. The lowest BCUT2D eigenvalue weighted by Gasteiger charge is -2.50. The van der Waals surface area contributed by atoms with Crippen molar-refractivity contribution in [1.29, 1.82) is 0 Å². The van der Waals surface area contributed by atoms with Crippen LogP contribution in [0.3, 0.4) is 0 Å². The lowest BCUT2D eigenvalue weighted by Crippen LogP contribution is -2.62. The zero-order valence-corrected chi connectivity index (χ0v) is 27.3. The standard InChI is InChI=1S/C32H46N6O7/c1-14(2)9-17(10-15(3)4)38(34)21-13-20(36(5)6)18-11-16-12-19-25(37(7)8)28(41)24(31(33)43)30(42)32(19,44)29(35-45)22(16)27(40)23(18)26(21)39/h13-17,19,25,39,42,44H,9-12,34H2,1-8H3,(H2,33,43)/t16-,19-,25-,32-/m0/s1. The van der Waals surface area contributed by atoms with Crippen LogP contribution in [0.15, 0.2) is 33.8 Å². The van der Waals surface area contributed by atoms with Gasteiger partial charge in [-0.2, -0.15) is 0 Å². The fourth-order valence-electron chi connectivity index (χ4n) is 7.60. The van der Waals surface area contributed by atoms with Gasteiger partial charge in [0.1, 0.15) is 17.0 Å². The number of fused-ring (bicyclic) bond motifs is 3. The normalized spacial score (nSPS) is 24.8. The molecule has 1 aromatic carbocycles. The number of carbonyl (C=O) groups is 3. The molecule has 0 spiro atoms. The molecule has 0 heterocycles. The van der Waals surface area contributed by atoms with E-state index in [4.69, 9.17) is 11.6 Å². The molecule has 0 bridgehead atoms. The number of ketones is 2. The summed E-state index contributed by atoms with van der Waals surface area (Å²) in [5.74, 6) is 1.16. The lowest BCUT2D eigenvalue weighted by molar-refractivity contribution is -0.134. The van der Waals surface area contributed by atoms with Gasteiger partial charge in [0.25, 0.3) is 5.91 Å². The second-order valence-electron chi connectivity index (χ2n) is 13.9. The number of aliphatic hydroxyl groups is 2. The number of hydrazine groups is 1. The lowest BCUT2D eigenvalue weighted by atomic mass is 9.58. The van der Waals surface area contributed by atoms with E-state index in [1.807, 2.05) is 4.90 Å². The summed E-state index contributed by atoms with van der Waals surface area (Å²) in [6.45, 7) is 8.32. The van der Waals surface area contributed by atoms with Crippen LogP contribution in [0.25, 0.3) is 0 Å². The highest BCUT2D eigenvalue weighted by atomic mass is 16.3. The van der Waals surface area contributed by atoms with Crippen LogP contribution in [-0.2, 0) is 16.0 Å².